The molecule has 2 amide bonds. The van der Waals surface area contributed by atoms with E-state index >= 15 is 0 Å². The highest BCUT2D eigenvalue weighted by molar-refractivity contribution is 7.80. The van der Waals surface area contributed by atoms with Crippen LogP contribution in [-0.2, 0) is 16.0 Å². The highest BCUT2D eigenvalue weighted by atomic mass is 35.5. The van der Waals surface area contributed by atoms with Crippen molar-refractivity contribution in [3.8, 4) is 17.5 Å². The lowest BCUT2D eigenvalue weighted by Gasteiger charge is -2.24. The fourth-order valence-corrected chi connectivity index (χ4v) is 4.10. The minimum absolute atomic E-state index is 0.0570. The molecule has 2 aromatic carbocycles. The third-order valence-corrected chi connectivity index (χ3v) is 6.13. The zero-order valence-electron chi connectivity index (χ0n) is 17.4. The molecule has 1 saturated heterocycles. The Labute approximate surface area is 210 Å². The first-order valence-corrected chi connectivity index (χ1v) is 11.2. The summed E-state index contributed by atoms with van der Waals surface area (Å²) < 4.78 is 5.83. The number of nitrogens with one attached hydrogen (secondary N) is 2. The van der Waals surface area contributed by atoms with Gasteiger partial charge in [0, 0.05) is 18.1 Å². The Hall–Kier alpha value is -3.64. The normalized spacial score (nSPS) is 15.2. The molecule has 7 nitrogen and oxygen atoms in total. The van der Waals surface area contributed by atoms with Gasteiger partial charge in [0.05, 0.1) is 10.0 Å². The van der Waals surface area contributed by atoms with Crippen molar-refractivity contribution in [1.29, 1.82) is 5.26 Å². The monoisotopic (exact) mass is 510 g/mol. The van der Waals surface area contributed by atoms with Gasteiger partial charge in [-0.1, -0.05) is 53.5 Å². The lowest BCUT2D eigenvalue weighted by atomic mass is 10.0. The number of thiocarbonyl (C=S) groups is 1. The lowest BCUT2D eigenvalue weighted by Crippen LogP contribution is -2.50. The summed E-state index contributed by atoms with van der Waals surface area (Å²) in [4.78, 5) is 27.0. The topological polar surface area (TPSA) is 98.4 Å². The van der Waals surface area contributed by atoms with E-state index in [0.29, 0.717) is 21.6 Å². The van der Waals surface area contributed by atoms with Crippen molar-refractivity contribution in [3.63, 3.8) is 0 Å². The second-order valence-corrected chi connectivity index (χ2v) is 8.50. The van der Waals surface area contributed by atoms with Crippen molar-refractivity contribution < 1.29 is 14.0 Å². The van der Waals surface area contributed by atoms with Gasteiger partial charge in [-0.2, -0.15) is 5.26 Å². The van der Waals surface area contributed by atoms with Gasteiger partial charge in [-0.05, 0) is 48.1 Å². The molecule has 0 aliphatic carbocycles. The molecule has 1 aliphatic heterocycles. The molecule has 170 valence electrons. The number of carbonyl (C=O) groups is 2. The average Bonchev–Trinajstić information content (AvgIpc) is 3.39. The molecular weight excluding hydrogens is 495 g/mol. The molecule has 1 fully saturated rings. The molecule has 2 heterocycles. The Morgan fingerprint density at radius 1 is 1.18 bits per heavy atom. The van der Waals surface area contributed by atoms with E-state index in [1.165, 1.54) is 11.0 Å². The largest absolute Gasteiger partial charge is 0.457 e. The van der Waals surface area contributed by atoms with Crippen molar-refractivity contribution in [2.45, 2.75) is 12.5 Å². The molecular formula is C24H16Cl2N4O3S. The highest BCUT2D eigenvalue weighted by Crippen LogP contribution is 2.30. The first kappa shape index (κ1) is 23.5. The van der Waals surface area contributed by atoms with Crippen LogP contribution in [0, 0.1) is 11.5 Å². The quantitative estimate of drug-likeness (QED) is 0.219. The van der Waals surface area contributed by atoms with Crippen LogP contribution in [0.25, 0.3) is 17.4 Å². The standard InChI is InChI=1S/C24H16Cl2N4O3S/c25-17-8-6-15(11-18(17)26)21-9-7-16(33-21)12-19-23(32)30(24(34)29-19)20(22(31)28-13-27)10-14-4-2-1-3-5-14/h1-9,11-12,20H,10H2,(H,28,31)(H,29,34). The molecule has 4 rings (SSSR count). The Morgan fingerprint density at radius 2 is 1.94 bits per heavy atom. The van der Waals surface area contributed by atoms with Crippen molar-refractivity contribution in [2.75, 3.05) is 0 Å². The molecule has 1 aromatic heterocycles. The summed E-state index contributed by atoms with van der Waals surface area (Å²) in [5.41, 5.74) is 1.67. The van der Waals surface area contributed by atoms with Crippen LogP contribution in [0.2, 0.25) is 10.0 Å². The zero-order chi connectivity index (χ0) is 24.2. The molecule has 1 unspecified atom stereocenters. The summed E-state index contributed by atoms with van der Waals surface area (Å²) in [5, 5.41) is 14.8. The molecule has 0 spiro atoms. The summed E-state index contributed by atoms with van der Waals surface area (Å²) in [6, 6.07) is 16.7. The van der Waals surface area contributed by atoms with Gasteiger partial charge in [0.25, 0.3) is 11.8 Å². The van der Waals surface area contributed by atoms with E-state index in [-0.39, 0.29) is 17.2 Å². The summed E-state index contributed by atoms with van der Waals surface area (Å²) in [6.45, 7) is 0. The maximum absolute atomic E-state index is 13.2. The third-order valence-electron chi connectivity index (χ3n) is 5.09. The van der Waals surface area contributed by atoms with Crippen LogP contribution in [0.5, 0.6) is 0 Å². The number of furan rings is 1. The van der Waals surface area contributed by atoms with Crippen molar-refractivity contribution in [3.05, 3.63) is 87.7 Å². The van der Waals surface area contributed by atoms with Crippen LogP contribution in [0.3, 0.4) is 0 Å². The number of halogens is 2. The van der Waals surface area contributed by atoms with Gasteiger partial charge >= 0.3 is 0 Å². The Morgan fingerprint density at radius 3 is 2.65 bits per heavy atom. The van der Waals surface area contributed by atoms with E-state index in [0.717, 1.165) is 11.1 Å². The predicted molar refractivity (Wildman–Crippen MR) is 132 cm³/mol. The molecule has 0 saturated carbocycles. The molecule has 34 heavy (non-hydrogen) atoms. The molecule has 1 aliphatic rings. The minimum Gasteiger partial charge on any atom is -0.457 e. The number of amides is 2. The van der Waals surface area contributed by atoms with Gasteiger partial charge < -0.3 is 9.73 Å². The van der Waals surface area contributed by atoms with Crippen LogP contribution < -0.4 is 10.6 Å². The maximum Gasteiger partial charge on any atom is 0.277 e. The summed E-state index contributed by atoms with van der Waals surface area (Å²) >= 11 is 17.4. The molecule has 1 atom stereocenters. The van der Waals surface area contributed by atoms with Gasteiger partial charge in [0.15, 0.2) is 11.3 Å². The molecule has 2 N–H and O–H groups in total. The Kier molecular flexibility index (Phi) is 6.98. The maximum atomic E-state index is 13.2. The van der Waals surface area contributed by atoms with E-state index in [1.807, 2.05) is 30.3 Å². The number of carbonyl (C=O) groups excluding carboxylic acids is 2. The minimum atomic E-state index is -1.01. The van der Waals surface area contributed by atoms with Crippen LogP contribution in [0.15, 0.2) is 70.8 Å². The lowest BCUT2D eigenvalue weighted by molar-refractivity contribution is -0.132. The van der Waals surface area contributed by atoms with Crippen molar-refractivity contribution in [2.24, 2.45) is 0 Å². The third kappa shape index (κ3) is 4.97. The van der Waals surface area contributed by atoms with Gasteiger partial charge in [-0.3, -0.25) is 19.8 Å². The van der Waals surface area contributed by atoms with E-state index < -0.39 is 17.9 Å². The van der Waals surface area contributed by atoms with Crippen molar-refractivity contribution >= 4 is 58.4 Å². The zero-order valence-corrected chi connectivity index (χ0v) is 19.7. The summed E-state index contributed by atoms with van der Waals surface area (Å²) in [7, 11) is 0. The summed E-state index contributed by atoms with van der Waals surface area (Å²) in [5.74, 6) is -0.218. The Bertz CT molecular complexity index is 1350. The molecule has 10 heteroatoms. The van der Waals surface area contributed by atoms with Gasteiger partial charge in [-0.25, -0.2) is 0 Å². The van der Waals surface area contributed by atoms with Gasteiger partial charge in [0.2, 0.25) is 0 Å². The van der Waals surface area contributed by atoms with Gasteiger partial charge in [0.1, 0.15) is 23.3 Å². The first-order chi connectivity index (χ1) is 16.4. The highest BCUT2D eigenvalue weighted by Gasteiger charge is 2.39. The van der Waals surface area contributed by atoms with E-state index in [2.05, 4.69) is 10.6 Å². The molecule has 3 aromatic rings. The second-order valence-electron chi connectivity index (χ2n) is 7.30. The Balaban J connectivity index is 1.59. The fraction of sp³-hybridized carbons (Fsp3) is 0.0833. The van der Waals surface area contributed by atoms with E-state index in [4.69, 9.17) is 45.1 Å². The van der Waals surface area contributed by atoms with Crippen molar-refractivity contribution in [1.82, 2.24) is 15.5 Å². The predicted octanol–water partition coefficient (Wildman–Crippen LogP) is 4.52. The first-order valence-electron chi connectivity index (χ1n) is 10.0. The van der Waals surface area contributed by atoms with Gasteiger partial charge in [-0.15, -0.1) is 0 Å². The number of benzene rings is 2. The molecule has 0 radical (unpaired) electrons. The number of hydrogen-bond acceptors (Lipinski definition) is 5. The smallest absolute Gasteiger partial charge is 0.277 e. The second kappa shape index (κ2) is 10.1. The summed E-state index contributed by atoms with van der Waals surface area (Å²) in [6.07, 6.45) is 3.29. The van der Waals surface area contributed by atoms with Crippen LogP contribution in [0.1, 0.15) is 11.3 Å². The fourth-order valence-electron chi connectivity index (χ4n) is 3.49. The number of nitrogens with zero attached hydrogens (tertiary/aromatic N) is 2. The molecule has 0 bridgehead atoms. The van der Waals surface area contributed by atoms with Crippen LogP contribution in [0.4, 0.5) is 0 Å². The van der Waals surface area contributed by atoms with Crippen LogP contribution in [-0.4, -0.2) is 27.9 Å². The van der Waals surface area contributed by atoms with E-state index in [9.17, 15) is 9.59 Å². The SMILES string of the molecule is N#CNC(=O)C(Cc1ccccc1)N1C(=O)C(=Cc2ccc(-c3ccc(Cl)c(Cl)c3)o2)NC1=S. The van der Waals surface area contributed by atoms with Crippen LogP contribution >= 0.6 is 35.4 Å². The van der Waals surface area contributed by atoms with E-state index in [1.54, 1.807) is 36.5 Å². The number of nitriles is 1. The number of rotatable bonds is 6. The number of hydrogen-bond donors (Lipinski definition) is 2. The average molecular weight is 511 g/mol.